The summed E-state index contributed by atoms with van der Waals surface area (Å²) in [6.07, 6.45) is 4.46. The Morgan fingerprint density at radius 1 is 1.35 bits per heavy atom. The minimum absolute atomic E-state index is 0.0691. The minimum Gasteiger partial charge on any atom is -0.490 e. The lowest BCUT2D eigenvalue weighted by molar-refractivity contribution is 0.00383. The molecule has 7 rings (SSSR count). The fraction of sp³-hybridized carbons (Fsp3) is 0.480. The number of rotatable bonds is 6. The number of fused-ring (bicyclic) bond motifs is 2. The predicted molar refractivity (Wildman–Crippen MR) is 124 cm³/mol. The van der Waals surface area contributed by atoms with Crippen LogP contribution in [-0.4, -0.2) is 44.7 Å². The molecule has 34 heavy (non-hydrogen) atoms. The van der Waals surface area contributed by atoms with Gasteiger partial charge in [0.1, 0.15) is 17.6 Å². The Morgan fingerprint density at radius 3 is 2.76 bits per heavy atom. The number of aromatic nitrogens is 3. The fourth-order valence-corrected chi connectivity index (χ4v) is 5.40. The van der Waals surface area contributed by atoms with Gasteiger partial charge in [-0.05, 0) is 39.0 Å². The number of nitrogens with one attached hydrogen (secondary N) is 1. The third kappa shape index (κ3) is 3.33. The van der Waals surface area contributed by atoms with Crippen molar-refractivity contribution in [2.24, 2.45) is 0 Å². The molecule has 2 aliphatic heterocycles. The summed E-state index contributed by atoms with van der Waals surface area (Å²) in [7, 11) is 0. The summed E-state index contributed by atoms with van der Waals surface area (Å²) >= 11 is 0. The Hall–Kier alpha value is -3.20. The van der Waals surface area contributed by atoms with Gasteiger partial charge in [-0.3, -0.25) is 14.3 Å². The molecule has 3 aromatic rings. The average molecular weight is 467 g/mol. The smallest absolute Gasteiger partial charge is 0.274 e. The van der Waals surface area contributed by atoms with E-state index < -0.39 is 23.7 Å². The van der Waals surface area contributed by atoms with Crippen molar-refractivity contribution in [1.29, 1.82) is 0 Å². The number of carbonyl (C=O) groups is 1. The third-order valence-corrected chi connectivity index (χ3v) is 7.06. The first kappa shape index (κ1) is 21.3. The van der Waals surface area contributed by atoms with E-state index in [1.54, 1.807) is 24.4 Å². The van der Waals surface area contributed by atoms with Crippen molar-refractivity contribution in [3.05, 3.63) is 52.6 Å². The van der Waals surface area contributed by atoms with Crippen molar-refractivity contribution in [2.45, 2.75) is 69.5 Å². The zero-order chi connectivity index (χ0) is 23.8. The van der Waals surface area contributed by atoms with E-state index in [1.165, 1.54) is 10.6 Å². The number of hydrogen-bond acceptors (Lipinski definition) is 5. The normalized spacial score (nSPS) is 29.3. The highest BCUT2D eigenvalue weighted by atomic mass is 19.1. The van der Waals surface area contributed by atoms with Crippen LogP contribution < -0.4 is 15.6 Å². The van der Waals surface area contributed by atoms with Crippen LogP contribution >= 0.6 is 0 Å². The van der Waals surface area contributed by atoms with Gasteiger partial charge in [0.15, 0.2) is 0 Å². The lowest BCUT2D eigenvalue weighted by Gasteiger charge is -2.42. The first-order chi connectivity index (χ1) is 16.2. The summed E-state index contributed by atoms with van der Waals surface area (Å²) in [5.74, 6) is -0.0718. The maximum absolute atomic E-state index is 13.5. The van der Waals surface area contributed by atoms with E-state index in [1.807, 2.05) is 24.7 Å². The second kappa shape index (κ2) is 7.15. The van der Waals surface area contributed by atoms with Crippen LogP contribution in [0, 0.1) is 0 Å². The molecular formula is C25H27FN4O4. The molecule has 2 atom stereocenters. The fourth-order valence-electron chi connectivity index (χ4n) is 5.40. The van der Waals surface area contributed by atoms with E-state index in [0.29, 0.717) is 24.3 Å². The van der Waals surface area contributed by atoms with Gasteiger partial charge in [-0.25, -0.2) is 4.39 Å². The molecule has 0 unspecified atom stereocenters. The second-order valence-corrected chi connectivity index (χ2v) is 10.4. The Labute approximate surface area is 195 Å². The molecule has 178 valence electrons. The number of nitrogens with zero attached hydrogens (tertiary/aromatic N) is 3. The van der Waals surface area contributed by atoms with E-state index in [9.17, 15) is 14.0 Å². The van der Waals surface area contributed by atoms with Crippen molar-refractivity contribution in [2.75, 3.05) is 11.9 Å². The molecule has 2 saturated carbocycles. The summed E-state index contributed by atoms with van der Waals surface area (Å²) < 4.78 is 28.7. The van der Waals surface area contributed by atoms with Crippen molar-refractivity contribution in [1.82, 2.24) is 14.3 Å². The number of alkyl halides is 1. The van der Waals surface area contributed by atoms with Crippen molar-refractivity contribution in [3.8, 4) is 5.75 Å². The molecule has 9 heteroatoms. The number of ether oxygens (including phenoxy) is 2. The zero-order valence-corrected chi connectivity index (χ0v) is 19.4. The molecule has 1 N–H and O–H groups in total. The molecule has 2 bridgehead atoms. The molecule has 4 heterocycles. The zero-order valence-electron chi connectivity index (χ0n) is 19.4. The van der Waals surface area contributed by atoms with Gasteiger partial charge in [0.2, 0.25) is 0 Å². The van der Waals surface area contributed by atoms with Gasteiger partial charge in [0.25, 0.3) is 11.5 Å². The van der Waals surface area contributed by atoms with Gasteiger partial charge in [0, 0.05) is 43.1 Å². The molecule has 1 amide bonds. The molecule has 8 nitrogen and oxygen atoms in total. The maximum atomic E-state index is 13.5. The van der Waals surface area contributed by atoms with Crippen LogP contribution in [0.15, 0.2) is 41.5 Å². The van der Waals surface area contributed by atoms with E-state index in [2.05, 4.69) is 12.2 Å². The molecule has 4 aliphatic rings. The molecule has 4 fully saturated rings. The van der Waals surface area contributed by atoms with Crippen LogP contribution in [0.5, 0.6) is 5.75 Å². The summed E-state index contributed by atoms with van der Waals surface area (Å²) in [5.41, 5.74) is 0.515. The standard InChI is InChI=1S/C25H27FN4O4/c1-14(2)34-21-9-19-15(10-30(28-19)25-11-24(3,12-25)33-13-25)7-16(21)22(31)27-18-5-4-6-29(23(18)32)20-8-17(20)26/h4-7,9-10,14,17,20H,8,11-13H2,1-3H3,(H,27,31)/t17-,20-,24?,25?/m1/s1. The Bertz CT molecular complexity index is 1370. The van der Waals surface area contributed by atoms with E-state index in [4.69, 9.17) is 14.6 Å². The third-order valence-electron chi connectivity index (χ3n) is 7.06. The van der Waals surface area contributed by atoms with E-state index in [-0.39, 0.29) is 22.9 Å². The first-order valence-electron chi connectivity index (χ1n) is 11.7. The van der Waals surface area contributed by atoms with Crippen LogP contribution in [0.1, 0.15) is 56.4 Å². The van der Waals surface area contributed by atoms with Gasteiger partial charge in [0.05, 0.1) is 41.0 Å². The average Bonchev–Trinajstić information content (AvgIpc) is 3.08. The Morgan fingerprint density at radius 2 is 2.12 bits per heavy atom. The van der Waals surface area contributed by atoms with Gasteiger partial charge in [-0.15, -0.1) is 0 Å². The van der Waals surface area contributed by atoms with Crippen molar-refractivity contribution >= 4 is 22.5 Å². The minimum atomic E-state index is -1.02. The first-order valence-corrected chi connectivity index (χ1v) is 11.7. The lowest BCUT2D eigenvalue weighted by atomic mass is 9.69. The number of anilines is 1. The number of amides is 1. The Kier molecular flexibility index (Phi) is 4.49. The molecule has 2 aromatic heterocycles. The largest absolute Gasteiger partial charge is 0.490 e. The topological polar surface area (TPSA) is 87.4 Å². The Balaban J connectivity index is 1.35. The number of benzene rings is 1. The highest BCUT2D eigenvalue weighted by Gasteiger charge is 2.61. The van der Waals surface area contributed by atoms with Crippen molar-refractivity contribution < 1.29 is 18.7 Å². The summed E-state index contributed by atoms with van der Waals surface area (Å²) in [4.78, 5) is 26.1. The van der Waals surface area contributed by atoms with E-state index >= 15 is 0 Å². The quantitative estimate of drug-likeness (QED) is 0.597. The highest BCUT2D eigenvalue weighted by Crippen LogP contribution is 2.55. The second-order valence-electron chi connectivity index (χ2n) is 10.4. The number of carbonyl (C=O) groups excluding carboxylic acids is 1. The van der Waals surface area contributed by atoms with Crippen molar-refractivity contribution in [3.63, 3.8) is 0 Å². The maximum Gasteiger partial charge on any atom is 0.274 e. The summed E-state index contributed by atoms with van der Waals surface area (Å²) in [6.45, 7) is 6.51. The molecule has 0 radical (unpaired) electrons. The number of hydrogen-bond donors (Lipinski definition) is 1. The molecular weight excluding hydrogens is 439 g/mol. The van der Waals surface area contributed by atoms with Gasteiger partial charge < -0.3 is 19.4 Å². The van der Waals surface area contributed by atoms with Crippen LogP contribution in [-0.2, 0) is 10.3 Å². The molecule has 2 aliphatic carbocycles. The van der Waals surface area contributed by atoms with Crippen LogP contribution in [0.3, 0.4) is 0 Å². The molecule has 2 saturated heterocycles. The summed E-state index contributed by atoms with van der Waals surface area (Å²) in [5, 5.41) is 8.29. The van der Waals surface area contributed by atoms with Gasteiger partial charge in [-0.2, -0.15) is 5.10 Å². The van der Waals surface area contributed by atoms with Crippen LogP contribution in [0.2, 0.25) is 0 Å². The molecule has 1 aromatic carbocycles. The SMILES string of the molecule is CC(C)Oc1cc2nn(C34COC(C)(C3)C4)cc2cc1C(=O)Nc1cccn([C@@H]2C[C@H]2F)c1=O. The van der Waals surface area contributed by atoms with Gasteiger partial charge in [-0.1, -0.05) is 0 Å². The number of pyridine rings is 1. The van der Waals surface area contributed by atoms with Crippen LogP contribution in [0.4, 0.5) is 10.1 Å². The van der Waals surface area contributed by atoms with Crippen LogP contribution in [0.25, 0.3) is 10.9 Å². The lowest BCUT2D eigenvalue weighted by Crippen LogP contribution is -2.49. The van der Waals surface area contributed by atoms with Gasteiger partial charge >= 0.3 is 0 Å². The summed E-state index contributed by atoms with van der Waals surface area (Å²) in [6, 6.07) is 6.22. The van der Waals surface area contributed by atoms with E-state index in [0.717, 1.165) is 23.7 Å². The highest BCUT2D eigenvalue weighted by molar-refractivity contribution is 6.08. The monoisotopic (exact) mass is 466 g/mol. The molecule has 0 spiro atoms. The number of halogens is 1. The predicted octanol–water partition coefficient (Wildman–Crippen LogP) is 3.80.